The van der Waals surface area contributed by atoms with Crippen LogP contribution in [0.2, 0.25) is 0 Å². The Morgan fingerprint density at radius 2 is 1.84 bits per heavy atom. The summed E-state index contributed by atoms with van der Waals surface area (Å²) in [5, 5.41) is 20.7. The number of alkyl halides is 7. The van der Waals surface area contributed by atoms with E-state index in [1.54, 1.807) is 13.8 Å². The maximum Gasteiger partial charge on any atom is 0.460 e. The van der Waals surface area contributed by atoms with Gasteiger partial charge in [0.2, 0.25) is 0 Å². The molecule has 1 aromatic heterocycles. The Morgan fingerprint density at radius 3 is 2.40 bits per heavy atom. The summed E-state index contributed by atoms with van der Waals surface area (Å²) in [6, 6.07) is 3.86. The summed E-state index contributed by atoms with van der Waals surface area (Å²) in [6.45, 7) is 3.58. The average Bonchev–Trinajstić information content (AvgIpc) is 2.88. The van der Waals surface area contributed by atoms with Gasteiger partial charge in [-0.25, -0.2) is 20.1 Å². The van der Waals surface area contributed by atoms with Gasteiger partial charge in [-0.3, -0.25) is 15.2 Å². The number of rotatable bonds is 13. The Morgan fingerprint density at radius 1 is 1.19 bits per heavy atom. The van der Waals surface area contributed by atoms with Gasteiger partial charge in [0.05, 0.1) is 24.9 Å². The lowest BCUT2D eigenvalue weighted by Gasteiger charge is -2.28. The largest absolute Gasteiger partial charge is 0.460 e. The number of halogens is 8. The molecule has 0 aliphatic carbocycles. The van der Waals surface area contributed by atoms with E-state index in [1.165, 1.54) is 30.8 Å². The lowest BCUT2D eigenvalue weighted by atomic mass is 10.0. The van der Waals surface area contributed by atoms with E-state index in [1.807, 2.05) is 5.32 Å². The van der Waals surface area contributed by atoms with E-state index in [2.05, 4.69) is 4.98 Å². The minimum Gasteiger partial charge on any atom is -0.388 e. The molecule has 2 aromatic rings. The topological polar surface area (TPSA) is 150 Å². The average molecular weight is 650 g/mol. The molecule has 0 atom stereocenters. The highest BCUT2D eigenvalue weighted by Crippen LogP contribution is 2.51. The van der Waals surface area contributed by atoms with Crippen molar-refractivity contribution in [2.45, 2.75) is 48.8 Å². The first kappa shape index (κ1) is 36.1. The molecule has 0 aliphatic heterocycles. The van der Waals surface area contributed by atoms with Crippen molar-refractivity contribution in [3.05, 3.63) is 47.4 Å². The number of benzene rings is 1. The first-order valence-electron chi connectivity index (χ1n) is 12.1. The van der Waals surface area contributed by atoms with Crippen LogP contribution in [-0.2, 0) is 15.5 Å². The molecular formula is C24H29F8N6O4S+. The molecule has 0 aliphatic rings. The Bertz CT molecular complexity index is 1290. The molecule has 0 radical (unpaired) electrons. The van der Waals surface area contributed by atoms with Gasteiger partial charge in [-0.1, -0.05) is 11.8 Å². The van der Waals surface area contributed by atoms with E-state index < -0.39 is 46.7 Å². The molecule has 1 amide bonds. The Hall–Kier alpha value is -3.10. The molecule has 240 valence electrons. The number of ether oxygens (including phenoxy) is 1. The van der Waals surface area contributed by atoms with Gasteiger partial charge in [0, 0.05) is 41.9 Å². The van der Waals surface area contributed by atoms with Crippen LogP contribution in [0.4, 0.5) is 46.6 Å². The first-order valence-corrected chi connectivity index (χ1v) is 12.9. The molecule has 10 nitrogen and oxygen atoms in total. The van der Waals surface area contributed by atoms with Crippen molar-refractivity contribution in [2.24, 2.45) is 5.84 Å². The minimum absolute atomic E-state index is 0.0771. The number of thioether (sulfide) groups is 1. The van der Waals surface area contributed by atoms with Gasteiger partial charge in [-0.05, 0) is 32.4 Å². The summed E-state index contributed by atoms with van der Waals surface area (Å²) in [5.41, 5.74) is -1.74. The second kappa shape index (κ2) is 14.1. The molecule has 2 rings (SSSR count). The van der Waals surface area contributed by atoms with Gasteiger partial charge < -0.3 is 15.2 Å². The zero-order valence-electron chi connectivity index (χ0n) is 22.9. The number of aliphatic hydroxyl groups is 1. The standard InChI is InChI=1S/C24H28F8N6O4S/c1-21(2,40)12-42-8-4-7-38(34)20(33)43-17-6-5-14(37-41-3)10-15(17)19(39)36-18-16(25)9-13(11-35-18)22(26,27)23(28,29)24(30,31)32/h5-6,9-11,33,37,40H,4,7-8,12,34H2,1-3H3,(H,35,36,39)/p+1. The van der Waals surface area contributed by atoms with Crippen molar-refractivity contribution in [3.63, 3.8) is 0 Å². The summed E-state index contributed by atoms with van der Waals surface area (Å²) >= 11 is 0.712. The maximum atomic E-state index is 14.5. The highest BCUT2D eigenvalue weighted by atomic mass is 32.2. The number of nitrogens with one attached hydrogen (secondary N) is 2. The molecule has 7 N–H and O–H groups in total. The number of amides is 1. The van der Waals surface area contributed by atoms with Gasteiger partial charge in [-0.15, -0.1) is 0 Å². The van der Waals surface area contributed by atoms with Gasteiger partial charge in [0.1, 0.15) is 0 Å². The third-order valence-corrected chi connectivity index (χ3v) is 6.30. The number of aromatic nitrogens is 1. The molecule has 0 saturated heterocycles. The van der Waals surface area contributed by atoms with E-state index in [9.17, 15) is 45.0 Å². The van der Waals surface area contributed by atoms with Crippen LogP contribution in [0.25, 0.3) is 0 Å². The van der Waals surface area contributed by atoms with Crippen LogP contribution < -0.4 is 16.6 Å². The van der Waals surface area contributed by atoms with Crippen LogP contribution in [-0.4, -0.2) is 70.7 Å². The number of nitrogens with two attached hydrogens (primary N) is 2. The monoisotopic (exact) mass is 649 g/mol. The molecule has 0 unspecified atom stereocenters. The Kier molecular flexibility index (Phi) is 11.9. The maximum absolute atomic E-state index is 14.5. The summed E-state index contributed by atoms with van der Waals surface area (Å²) in [4.78, 5) is 21.2. The number of carbonyl (C=O) groups excluding carboxylic acids is 1. The van der Waals surface area contributed by atoms with Crippen molar-refractivity contribution in [1.29, 1.82) is 5.41 Å². The number of carbonyl (C=O) groups is 1. The third-order valence-electron chi connectivity index (χ3n) is 5.30. The van der Waals surface area contributed by atoms with E-state index in [4.69, 9.17) is 20.8 Å². The van der Waals surface area contributed by atoms with Crippen LogP contribution in [0, 0.1) is 11.2 Å². The SMILES string of the molecule is CO[NH2+]c1ccc(SC(=N)N(N)CCCOCC(C)(C)O)c(C(=O)Nc2ncc(C(F)(F)C(F)(F)C(F)(F)F)cc2F)c1. The normalized spacial score (nSPS) is 12.8. The molecule has 0 saturated carbocycles. The Labute approximate surface area is 244 Å². The zero-order chi connectivity index (χ0) is 32.8. The number of quaternary nitrogens is 1. The molecule has 0 fully saturated rings. The summed E-state index contributed by atoms with van der Waals surface area (Å²) in [5.74, 6) is -10.5. The van der Waals surface area contributed by atoms with Gasteiger partial charge in [-0.2, -0.15) is 36.2 Å². The summed E-state index contributed by atoms with van der Waals surface area (Å²) < 4.78 is 112. The van der Waals surface area contributed by atoms with Crippen LogP contribution in [0.1, 0.15) is 36.2 Å². The predicted octanol–water partition coefficient (Wildman–Crippen LogP) is 3.90. The molecular weight excluding hydrogens is 620 g/mol. The molecule has 19 heteroatoms. The molecule has 1 heterocycles. The van der Waals surface area contributed by atoms with E-state index in [-0.39, 0.29) is 47.6 Å². The van der Waals surface area contributed by atoms with Crippen molar-refractivity contribution in [1.82, 2.24) is 9.99 Å². The van der Waals surface area contributed by atoms with E-state index >= 15 is 0 Å². The second-order valence-corrected chi connectivity index (χ2v) is 10.6. The van der Waals surface area contributed by atoms with Crippen LogP contribution >= 0.6 is 11.8 Å². The van der Waals surface area contributed by atoms with Gasteiger partial charge in [0.25, 0.3) is 5.91 Å². The number of amidine groups is 1. The fraction of sp³-hybridized carbons (Fsp3) is 0.458. The molecule has 0 spiro atoms. The first-order chi connectivity index (χ1) is 19.7. The summed E-state index contributed by atoms with van der Waals surface area (Å²) in [6.07, 6.45) is -6.38. The van der Waals surface area contributed by atoms with E-state index in [0.29, 0.717) is 23.9 Å². The lowest BCUT2D eigenvalue weighted by Crippen LogP contribution is -2.76. The zero-order valence-corrected chi connectivity index (χ0v) is 23.7. The fourth-order valence-corrected chi connectivity index (χ4v) is 4.00. The molecule has 0 bridgehead atoms. The second-order valence-electron chi connectivity index (χ2n) is 9.58. The fourth-order valence-electron chi connectivity index (χ4n) is 3.18. The van der Waals surface area contributed by atoms with Crippen molar-refractivity contribution < 1.29 is 60.1 Å². The van der Waals surface area contributed by atoms with Gasteiger partial charge in [0.15, 0.2) is 22.5 Å². The highest BCUT2D eigenvalue weighted by Gasteiger charge is 2.73. The van der Waals surface area contributed by atoms with Crippen LogP contribution in [0.5, 0.6) is 0 Å². The van der Waals surface area contributed by atoms with Gasteiger partial charge >= 0.3 is 18.0 Å². The third kappa shape index (κ3) is 9.44. The van der Waals surface area contributed by atoms with Crippen LogP contribution in [0.3, 0.4) is 0 Å². The Balaban J connectivity index is 2.23. The number of nitrogens with zero attached hydrogens (tertiary/aromatic N) is 2. The number of hydrogen-bond acceptors (Lipinski definition) is 8. The quantitative estimate of drug-likeness (QED) is 0.0321. The smallest absolute Gasteiger partial charge is 0.388 e. The number of hydrazine groups is 1. The highest BCUT2D eigenvalue weighted by molar-refractivity contribution is 8.13. The predicted molar refractivity (Wildman–Crippen MR) is 138 cm³/mol. The van der Waals surface area contributed by atoms with Crippen molar-refractivity contribution in [3.8, 4) is 0 Å². The summed E-state index contributed by atoms with van der Waals surface area (Å²) in [7, 11) is 1.31. The number of hydrogen-bond donors (Lipinski definition) is 5. The molecule has 1 aromatic carbocycles. The van der Waals surface area contributed by atoms with Crippen molar-refractivity contribution in [2.75, 3.05) is 32.2 Å². The van der Waals surface area contributed by atoms with E-state index in [0.717, 1.165) is 5.01 Å². The lowest BCUT2D eigenvalue weighted by molar-refractivity contribution is -0.830. The number of pyridine rings is 1. The molecule has 43 heavy (non-hydrogen) atoms. The van der Waals surface area contributed by atoms with Crippen molar-refractivity contribution >= 4 is 34.3 Å². The minimum atomic E-state index is -6.64. The van der Waals surface area contributed by atoms with Crippen LogP contribution in [0.15, 0.2) is 35.4 Å². The number of anilines is 1.